The number of esters is 1. The molecule has 0 spiro atoms. The minimum absolute atomic E-state index is 0.147. The van der Waals surface area contributed by atoms with E-state index >= 15 is 0 Å². The van der Waals surface area contributed by atoms with Gasteiger partial charge in [-0.3, -0.25) is 18.6 Å². The third kappa shape index (κ3) is 51.5. The number of unbranched alkanes of at least 4 members (excludes halogenated alkanes) is 29. The number of nitrogens with one attached hydrogen (secondary N) is 1. The molecule has 1 amide bonds. The Kier molecular flexibility index (Phi) is 50.4. The lowest BCUT2D eigenvalue weighted by Crippen LogP contribution is -2.43. The van der Waals surface area contributed by atoms with E-state index in [9.17, 15) is 34.1 Å². The number of hydrogen-bond donors (Lipinski definition) is 4. The van der Waals surface area contributed by atoms with E-state index in [0.29, 0.717) is 12.8 Å². The number of carboxylic acids is 1. The van der Waals surface area contributed by atoms with Crippen molar-refractivity contribution in [3.05, 3.63) is 60.8 Å². The number of ether oxygens (including phenoxy) is 1. The molecule has 12 heteroatoms. The summed E-state index contributed by atoms with van der Waals surface area (Å²) in [4.78, 5) is 46.3. The molecule has 0 rings (SSSR count). The molecule has 0 heterocycles. The zero-order valence-electron chi connectivity index (χ0n) is 44.6. The second-order valence-corrected chi connectivity index (χ2v) is 20.6. The van der Waals surface area contributed by atoms with E-state index in [-0.39, 0.29) is 12.8 Å². The van der Waals surface area contributed by atoms with Crippen molar-refractivity contribution < 1.29 is 47.8 Å². The summed E-state index contributed by atoms with van der Waals surface area (Å²) in [5.74, 6) is -2.37. The van der Waals surface area contributed by atoms with Crippen molar-refractivity contribution in [1.82, 2.24) is 5.32 Å². The molecule has 0 saturated carbocycles. The quantitative estimate of drug-likeness (QED) is 0.0199. The molecule has 4 N–H and O–H groups in total. The Morgan fingerprint density at radius 2 is 0.829 bits per heavy atom. The van der Waals surface area contributed by atoms with Crippen molar-refractivity contribution in [2.75, 3.05) is 19.8 Å². The maximum absolute atomic E-state index is 12.4. The first kappa shape index (κ1) is 67.2. The van der Waals surface area contributed by atoms with Gasteiger partial charge in [-0.25, -0.2) is 9.36 Å². The normalized spacial score (nSPS) is 13.9. The first-order chi connectivity index (χ1) is 34.1. The largest absolute Gasteiger partial charge is 0.480 e. The second kappa shape index (κ2) is 52.5. The van der Waals surface area contributed by atoms with Gasteiger partial charge in [0.25, 0.3) is 0 Å². The van der Waals surface area contributed by atoms with Gasteiger partial charge in [-0.05, 0) is 57.8 Å². The summed E-state index contributed by atoms with van der Waals surface area (Å²) in [5.41, 5.74) is 0. The number of aliphatic hydroxyl groups excluding tert-OH is 1. The van der Waals surface area contributed by atoms with E-state index < -0.39 is 57.6 Å². The van der Waals surface area contributed by atoms with Gasteiger partial charge in [-0.2, -0.15) is 0 Å². The Morgan fingerprint density at radius 1 is 0.471 bits per heavy atom. The smallest absolute Gasteiger partial charge is 0.472 e. The van der Waals surface area contributed by atoms with Crippen LogP contribution in [0.5, 0.6) is 0 Å². The van der Waals surface area contributed by atoms with Crippen molar-refractivity contribution in [3.63, 3.8) is 0 Å². The Hall–Kier alpha value is -2.82. The summed E-state index contributed by atoms with van der Waals surface area (Å²) in [5, 5.41) is 22.0. The van der Waals surface area contributed by atoms with Crippen LogP contribution in [0.15, 0.2) is 60.8 Å². The average molecular weight is 1010 g/mol. The topological polar surface area (TPSA) is 169 Å². The highest BCUT2D eigenvalue weighted by Gasteiger charge is 2.28. The van der Waals surface area contributed by atoms with Crippen molar-refractivity contribution in [3.8, 4) is 0 Å². The van der Waals surface area contributed by atoms with Crippen LogP contribution in [-0.4, -0.2) is 64.9 Å². The molecule has 0 radical (unpaired) electrons. The van der Waals surface area contributed by atoms with Crippen LogP contribution in [0.3, 0.4) is 0 Å². The zero-order chi connectivity index (χ0) is 51.3. The standard InChI is InChI=1S/C58H104NO10P/c1-3-5-7-9-11-13-15-17-19-21-23-25-27-29-31-33-35-37-39-41-43-45-47-49-56(61)59-55(58(63)64)53-69-70(65,66)68-52-54(60)51-67-57(62)50-48-46-44-42-40-38-36-34-32-30-28-26-24-22-20-18-16-14-12-10-8-6-4-2/h6,8,12,14,18,20,24,26,30,32,54-55,60H,3-5,7,9-11,13,15-17,19,21-23,25,27-29,31,33-53H2,1-2H3,(H,59,61)(H,63,64)(H,65,66)/b8-6-,14-12-,20-18-,26-24-,32-30-. The Bertz CT molecular complexity index is 1410. The highest BCUT2D eigenvalue weighted by Crippen LogP contribution is 2.43. The number of carbonyl (C=O) groups is 3. The summed E-state index contributed by atoms with van der Waals surface area (Å²) < 4.78 is 27.0. The van der Waals surface area contributed by atoms with Gasteiger partial charge in [0.05, 0.1) is 13.2 Å². The van der Waals surface area contributed by atoms with Gasteiger partial charge in [0.2, 0.25) is 5.91 Å². The summed E-state index contributed by atoms with van der Waals surface area (Å²) >= 11 is 0. The number of phosphoric ester groups is 1. The Labute approximate surface area is 427 Å². The molecule has 406 valence electrons. The lowest BCUT2D eigenvalue weighted by Gasteiger charge is -2.18. The first-order valence-electron chi connectivity index (χ1n) is 28.3. The second-order valence-electron chi connectivity index (χ2n) is 19.1. The fourth-order valence-electron chi connectivity index (χ4n) is 7.99. The molecule has 0 aromatic carbocycles. The van der Waals surface area contributed by atoms with E-state index in [1.54, 1.807) is 0 Å². The number of amides is 1. The predicted molar refractivity (Wildman–Crippen MR) is 291 cm³/mol. The molecule has 3 unspecified atom stereocenters. The van der Waals surface area contributed by atoms with E-state index in [1.165, 1.54) is 135 Å². The molecular formula is C58H104NO10P. The average Bonchev–Trinajstić information content (AvgIpc) is 3.34. The van der Waals surface area contributed by atoms with E-state index in [0.717, 1.165) is 83.5 Å². The number of aliphatic carboxylic acids is 1. The number of carboxylic acid groups (broad SMARTS) is 1. The molecule has 0 aromatic rings. The predicted octanol–water partition coefficient (Wildman–Crippen LogP) is 16.2. The third-order valence-corrected chi connectivity index (χ3v) is 13.3. The van der Waals surface area contributed by atoms with Gasteiger partial charge in [-0.1, -0.05) is 248 Å². The zero-order valence-corrected chi connectivity index (χ0v) is 45.5. The minimum Gasteiger partial charge on any atom is -0.480 e. The van der Waals surface area contributed by atoms with Crippen LogP contribution >= 0.6 is 7.82 Å². The highest BCUT2D eigenvalue weighted by molar-refractivity contribution is 7.47. The number of phosphoric acid groups is 1. The van der Waals surface area contributed by atoms with Gasteiger partial charge in [-0.15, -0.1) is 0 Å². The van der Waals surface area contributed by atoms with E-state index in [4.69, 9.17) is 13.8 Å². The van der Waals surface area contributed by atoms with Crippen molar-refractivity contribution in [2.45, 2.75) is 270 Å². The molecule has 11 nitrogen and oxygen atoms in total. The molecule has 0 aliphatic carbocycles. The number of hydrogen-bond acceptors (Lipinski definition) is 8. The van der Waals surface area contributed by atoms with Crippen LogP contribution in [0.1, 0.15) is 258 Å². The monoisotopic (exact) mass is 1010 g/mol. The van der Waals surface area contributed by atoms with Crippen LogP contribution in [0.2, 0.25) is 0 Å². The first-order valence-corrected chi connectivity index (χ1v) is 29.8. The summed E-state index contributed by atoms with van der Waals surface area (Å²) in [6, 6.07) is -1.55. The molecule has 0 aliphatic rings. The van der Waals surface area contributed by atoms with Gasteiger partial charge < -0.3 is 25.2 Å². The summed E-state index contributed by atoms with van der Waals surface area (Å²) in [6.07, 6.45) is 63.9. The Morgan fingerprint density at radius 3 is 1.24 bits per heavy atom. The van der Waals surface area contributed by atoms with Crippen LogP contribution in [0.4, 0.5) is 0 Å². The molecule has 0 aliphatic heterocycles. The fourth-order valence-corrected chi connectivity index (χ4v) is 8.76. The molecule has 70 heavy (non-hydrogen) atoms. The minimum atomic E-state index is -4.77. The maximum atomic E-state index is 12.4. The number of rotatable bonds is 53. The van der Waals surface area contributed by atoms with Gasteiger partial charge in [0, 0.05) is 12.8 Å². The molecule has 3 atom stereocenters. The number of aliphatic hydroxyl groups is 1. The van der Waals surface area contributed by atoms with Crippen molar-refractivity contribution in [1.29, 1.82) is 0 Å². The van der Waals surface area contributed by atoms with E-state index in [1.807, 2.05) is 0 Å². The summed E-state index contributed by atoms with van der Waals surface area (Å²) in [7, 11) is -4.77. The lowest BCUT2D eigenvalue weighted by molar-refractivity contribution is -0.147. The fraction of sp³-hybridized carbons (Fsp3) is 0.776. The van der Waals surface area contributed by atoms with Gasteiger partial charge >= 0.3 is 19.8 Å². The molecule has 0 aromatic heterocycles. The van der Waals surface area contributed by atoms with Gasteiger partial charge in [0.15, 0.2) is 6.04 Å². The number of allylic oxidation sites excluding steroid dienone is 10. The summed E-state index contributed by atoms with van der Waals surface area (Å²) in [6.45, 7) is 2.52. The molecule has 0 fully saturated rings. The molecule has 0 bridgehead atoms. The van der Waals surface area contributed by atoms with E-state index in [2.05, 4.69) is 79.9 Å². The van der Waals surface area contributed by atoms with Gasteiger partial charge in [0.1, 0.15) is 12.7 Å². The molecular weight excluding hydrogens is 902 g/mol. The van der Waals surface area contributed by atoms with Crippen LogP contribution in [-0.2, 0) is 32.7 Å². The van der Waals surface area contributed by atoms with Crippen LogP contribution < -0.4 is 5.32 Å². The maximum Gasteiger partial charge on any atom is 0.472 e. The lowest BCUT2D eigenvalue weighted by atomic mass is 10.0. The molecule has 0 saturated heterocycles. The Balaban J connectivity index is 3.79. The number of carbonyl (C=O) groups excluding carboxylic acids is 2. The van der Waals surface area contributed by atoms with Crippen LogP contribution in [0.25, 0.3) is 0 Å². The highest BCUT2D eigenvalue weighted by atomic mass is 31.2. The SMILES string of the molecule is CC/C=C\C/C=C\C/C=C\C/C=C\C/C=C\CCCCCCCCCC(=O)OCC(O)COP(=O)(O)OCC(NC(=O)CCCCCCCCCCCCCCCCCCCCCCCCC)C(=O)O. The van der Waals surface area contributed by atoms with Crippen LogP contribution in [0, 0.1) is 0 Å². The third-order valence-electron chi connectivity index (χ3n) is 12.3. The van der Waals surface area contributed by atoms with Crippen molar-refractivity contribution in [2.24, 2.45) is 0 Å². The van der Waals surface area contributed by atoms with Crippen molar-refractivity contribution >= 4 is 25.7 Å².